The molecule has 5 rings (SSSR count). The van der Waals surface area contributed by atoms with Crippen LogP contribution in [0.2, 0.25) is 0 Å². The zero-order chi connectivity index (χ0) is 34.0. The Labute approximate surface area is 272 Å². The number of Topliss-reactive ketones (excluding diaryl/α,β-unsaturated/α-hetero) is 1. The number of carbonyl (C=O) groups is 1. The first-order valence-corrected chi connectivity index (χ1v) is 17.4. The van der Waals surface area contributed by atoms with Gasteiger partial charge in [0.1, 0.15) is 0 Å². The van der Waals surface area contributed by atoms with Crippen molar-refractivity contribution in [1.29, 1.82) is 0 Å². The second-order valence-electron chi connectivity index (χ2n) is 12.9. The van der Waals surface area contributed by atoms with Crippen LogP contribution in [-0.4, -0.2) is 67.3 Å². The molecule has 0 unspecified atom stereocenters. The first-order valence-electron chi connectivity index (χ1n) is 14.5. The first kappa shape index (κ1) is 38.8. The van der Waals surface area contributed by atoms with Gasteiger partial charge in [0.25, 0.3) is 20.2 Å². The lowest BCUT2D eigenvalue weighted by molar-refractivity contribution is 0.0946. The van der Waals surface area contributed by atoms with E-state index in [1.807, 2.05) is 26.0 Å². The summed E-state index contributed by atoms with van der Waals surface area (Å²) in [5.74, 6) is 0.419. The number of aromatic nitrogens is 1. The Balaban J connectivity index is 0.000000269. The minimum atomic E-state index is -4.02. The third-order valence-corrected chi connectivity index (χ3v) is 10.5. The summed E-state index contributed by atoms with van der Waals surface area (Å²) in [5.41, 5.74) is 4.13. The van der Waals surface area contributed by atoms with E-state index >= 15 is 0 Å². The molecule has 252 valence electrons. The van der Waals surface area contributed by atoms with Crippen molar-refractivity contribution in [2.45, 2.75) is 57.9 Å². The van der Waals surface area contributed by atoms with Gasteiger partial charge in [0.15, 0.2) is 5.78 Å². The number of benzene rings is 3. The predicted octanol–water partition coefficient (Wildman–Crippen LogP) is 5.73. The quantitative estimate of drug-likeness (QED) is 0.185. The molecule has 3 aromatic carbocycles. The van der Waals surface area contributed by atoms with E-state index in [2.05, 4.69) is 69.6 Å². The van der Waals surface area contributed by atoms with Crippen molar-refractivity contribution in [3.63, 3.8) is 0 Å². The molecule has 1 saturated carbocycles. The SMILES string of the molecule is CN(C)CCn1cc(C(=O)C2C(C)(C)C2(C)C)c2ccccc21.Cc1ccc(S(=O)(=O)O)cc1.Cc1ccc(S(=O)(=O)O)cc1.O. The largest absolute Gasteiger partial charge is 0.412 e. The molecule has 1 heterocycles. The number of hydrogen-bond donors (Lipinski definition) is 2. The van der Waals surface area contributed by atoms with Gasteiger partial charge in [-0.25, -0.2) is 0 Å². The molecule has 1 fully saturated rings. The molecule has 4 N–H and O–H groups in total. The highest BCUT2D eigenvalue weighted by molar-refractivity contribution is 7.86. The second kappa shape index (κ2) is 14.6. The van der Waals surface area contributed by atoms with Crippen molar-refractivity contribution in [3.8, 4) is 0 Å². The number of fused-ring (bicyclic) bond motifs is 1. The van der Waals surface area contributed by atoms with E-state index in [1.54, 1.807) is 24.3 Å². The zero-order valence-corrected chi connectivity index (χ0v) is 29.3. The van der Waals surface area contributed by atoms with Gasteiger partial charge < -0.3 is 14.9 Å². The van der Waals surface area contributed by atoms with Crippen LogP contribution in [0.15, 0.2) is 88.8 Å². The lowest BCUT2D eigenvalue weighted by Gasteiger charge is -2.10. The highest BCUT2D eigenvalue weighted by Gasteiger charge is 2.68. The van der Waals surface area contributed by atoms with Crippen molar-refractivity contribution in [3.05, 3.63) is 95.7 Å². The number of aryl methyl sites for hydroxylation is 2. The van der Waals surface area contributed by atoms with Gasteiger partial charge in [0, 0.05) is 41.7 Å². The first-order chi connectivity index (χ1) is 20.7. The number of likely N-dealkylation sites (N-methyl/N-ethyl adjacent to an activating group) is 1. The van der Waals surface area contributed by atoms with Crippen molar-refractivity contribution in [2.24, 2.45) is 16.7 Å². The van der Waals surface area contributed by atoms with Gasteiger partial charge in [-0.15, -0.1) is 0 Å². The van der Waals surface area contributed by atoms with Gasteiger partial charge in [-0.1, -0.05) is 81.3 Å². The summed E-state index contributed by atoms with van der Waals surface area (Å²) in [6.07, 6.45) is 2.07. The van der Waals surface area contributed by atoms with Gasteiger partial charge in [0.2, 0.25) is 0 Å². The van der Waals surface area contributed by atoms with Gasteiger partial charge in [-0.2, -0.15) is 16.8 Å². The summed E-state index contributed by atoms with van der Waals surface area (Å²) >= 11 is 0. The minimum Gasteiger partial charge on any atom is -0.412 e. The third-order valence-electron chi connectivity index (χ3n) is 8.76. The Bertz CT molecular complexity index is 1770. The molecule has 1 aliphatic carbocycles. The van der Waals surface area contributed by atoms with Crippen molar-refractivity contribution in [1.82, 2.24) is 9.47 Å². The molecule has 0 aliphatic heterocycles. The predicted molar refractivity (Wildman–Crippen MR) is 181 cm³/mol. The van der Waals surface area contributed by atoms with Gasteiger partial charge in [-0.3, -0.25) is 13.9 Å². The van der Waals surface area contributed by atoms with E-state index in [0.29, 0.717) is 5.78 Å². The van der Waals surface area contributed by atoms with E-state index in [4.69, 9.17) is 9.11 Å². The normalized spacial score (nSPS) is 15.2. The molecule has 0 amide bonds. The van der Waals surface area contributed by atoms with E-state index in [9.17, 15) is 21.6 Å². The molecule has 0 saturated heterocycles. The summed E-state index contributed by atoms with van der Waals surface area (Å²) < 4.78 is 61.3. The number of hydrogen-bond acceptors (Lipinski definition) is 6. The zero-order valence-electron chi connectivity index (χ0n) is 27.6. The Morgan fingerprint density at radius 2 is 1.17 bits per heavy atom. The van der Waals surface area contributed by atoms with Crippen LogP contribution in [0.3, 0.4) is 0 Å². The molecule has 46 heavy (non-hydrogen) atoms. The average Bonchev–Trinajstić information content (AvgIpc) is 3.17. The van der Waals surface area contributed by atoms with E-state index in [-0.39, 0.29) is 32.0 Å². The maximum atomic E-state index is 13.2. The highest BCUT2D eigenvalue weighted by atomic mass is 32.2. The minimum absolute atomic E-state index is 0. The van der Waals surface area contributed by atoms with Crippen LogP contribution in [-0.2, 0) is 26.8 Å². The standard InChI is InChI=1S/C20H28N2O.2C7H8O3S.H2O/c1-19(2)18(20(19,3)4)17(23)15-13-22(12-11-21(5)6)16-10-8-7-9-14(15)16;2*1-6-2-4-7(5-3-6)11(8,9)10;/h7-10,13,18H,11-12H2,1-6H3;2*2-5H,1H3,(H,8,9,10);1H2. The fourth-order valence-electron chi connectivity index (χ4n) is 5.36. The number of para-hydroxylation sites is 1. The monoisotopic (exact) mass is 674 g/mol. The molecule has 0 atom stereocenters. The van der Waals surface area contributed by atoms with Gasteiger partial charge in [-0.05, 0) is 69.1 Å². The highest BCUT2D eigenvalue weighted by Crippen LogP contribution is 2.69. The Morgan fingerprint density at radius 1 is 0.761 bits per heavy atom. The summed E-state index contributed by atoms with van der Waals surface area (Å²) in [6.45, 7) is 14.4. The molecular weight excluding hydrogens is 629 g/mol. The smallest absolute Gasteiger partial charge is 0.294 e. The van der Waals surface area contributed by atoms with E-state index in [0.717, 1.165) is 40.7 Å². The van der Waals surface area contributed by atoms with Gasteiger partial charge in [0.05, 0.1) is 9.79 Å². The molecule has 1 aliphatic rings. The number of carbonyl (C=O) groups excluding carboxylic acids is 1. The van der Waals surface area contributed by atoms with Crippen LogP contribution >= 0.6 is 0 Å². The van der Waals surface area contributed by atoms with Crippen LogP contribution < -0.4 is 0 Å². The van der Waals surface area contributed by atoms with Crippen LogP contribution in [0.25, 0.3) is 10.9 Å². The van der Waals surface area contributed by atoms with Crippen LogP contribution in [0.4, 0.5) is 0 Å². The lowest BCUT2D eigenvalue weighted by atomic mass is 10.0. The summed E-state index contributed by atoms with van der Waals surface area (Å²) in [4.78, 5) is 15.2. The molecule has 0 radical (unpaired) electrons. The second-order valence-corrected chi connectivity index (χ2v) is 15.7. The van der Waals surface area contributed by atoms with Crippen LogP contribution in [0.5, 0.6) is 0 Å². The van der Waals surface area contributed by atoms with E-state index < -0.39 is 20.2 Å². The molecule has 10 nitrogen and oxygen atoms in total. The fraction of sp³-hybridized carbons (Fsp3) is 0.382. The molecule has 4 aromatic rings. The third kappa shape index (κ3) is 9.11. The van der Waals surface area contributed by atoms with E-state index in [1.165, 1.54) is 24.3 Å². The summed E-state index contributed by atoms with van der Waals surface area (Å²) in [5, 5.41) is 1.09. The lowest BCUT2D eigenvalue weighted by Crippen LogP contribution is -2.18. The fourth-order valence-corrected chi connectivity index (χ4v) is 6.32. The molecule has 12 heteroatoms. The maximum absolute atomic E-state index is 13.2. The topological polar surface area (TPSA) is 165 Å². The van der Waals surface area contributed by atoms with Crippen molar-refractivity contribution < 1.29 is 36.2 Å². The van der Waals surface area contributed by atoms with Crippen LogP contribution in [0, 0.1) is 30.6 Å². The van der Waals surface area contributed by atoms with Crippen molar-refractivity contribution in [2.75, 3.05) is 20.6 Å². The molecule has 0 bridgehead atoms. The summed E-state index contributed by atoms with van der Waals surface area (Å²) in [7, 11) is -3.89. The average molecular weight is 675 g/mol. The number of ketones is 1. The maximum Gasteiger partial charge on any atom is 0.294 e. The molecule has 1 aromatic heterocycles. The van der Waals surface area contributed by atoms with Crippen molar-refractivity contribution >= 4 is 36.9 Å². The molecule has 0 spiro atoms. The summed E-state index contributed by atoms with van der Waals surface area (Å²) in [6, 6.07) is 20.2. The number of nitrogens with zero attached hydrogens (tertiary/aromatic N) is 2. The van der Waals surface area contributed by atoms with Crippen LogP contribution in [0.1, 0.15) is 49.2 Å². The Kier molecular flexibility index (Phi) is 12.3. The number of rotatable bonds is 7. The Hall–Kier alpha value is -3.39. The molecular formula is C34H46N2O8S2. The Morgan fingerprint density at radius 3 is 1.54 bits per heavy atom. The van der Waals surface area contributed by atoms with Gasteiger partial charge >= 0.3 is 0 Å².